The van der Waals surface area contributed by atoms with Gasteiger partial charge in [-0.15, -0.1) is 0 Å². The van der Waals surface area contributed by atoms with Gasteiger partial charge >= 0.3 is 5.97 Å². The average molecular weight is 379 g/mol. The number of anilines is 1. The number of hydrogen-bond acceptors (Lipinski definition) is 8. The monoisotopic (exact) mass is 379 g/mol. The number of non-ortho nitro benzene ring substituents is 1. The molecule has 3 rings (SSSR count). The number of benzene rings is 1. The summed E-state index contributed by atoms with van der Waals surface area (Å²) in [5.41, 5.74) is 0.551. The van der Waals surface area contributed by atoms with Gasteiger partial charge in [-0.1, -0.05) is 0 Å². The Morgan fingerprint density at radius 3 is 2.78 bits per heavy atom. The van der Waals surface area contributed by atoms with Gasteiger partial charge in [0.25, 0.3) is 5.69 Å². The van der Waals surface area contributed by atoms with Gasteiger partial charge in [0.2, 0.25) is 0 Å². The zero-order valence-corrected chi connectivity index (χ0v) is 15.4. The van der Waals surface area contributed by atoms with Crippen molar-refractivity contribution in [3.63, 3.8) is 0 Å². The molecule has 1 aromatic rings. The number of carbonyl (C=O) groups is 1. The van der Waals surface area contributed by atoms with E-state index >= 15 is 0 Å². The Morgan fingerprint density at radius 1 is 1.37 bits per heavy atom. The van der Waals surface area contributed by atoms with Crippen molar-refractivity contribution in [2.45, 2.75) is 12.5 Å². The van der Waals surface area contributed by atoms with Gasteiger partial charge in [-0.2, -0.15) is 0 Å². The molecule has 0 bridgehead atoms. The third-order valence-corrected chi connectivity index (χ3v) is 5.14. The van der Waals surface area contributed by atoms with Crippen LogP contribution < -0.4 is 5.32 Å². The van der Waals surface area contributed by atoms with Crippen LogP contribution in [0.2, 0.25) is 0 Å². The van der Waals surface area contributed by atoms with Crippen molar-refractivity contribution < 1.29 is 23.9 Å². The molecule has 1 N–H and O–H groups in total. The SMILES string of the molecule is COC(=O)c1cc([N+](=O)[O-])ccc1NC[C@@H]([C@@H]1CCOC1)N1CCOCC1. The summed E-state index contributed by atoms with van der Waals surface area (Å²) in [6.07, 6.45) is 0.994. The van der Waals surface area contributed by atoms with Crippen molar-refractivity contribution >= 4 is 17.3 Å². The molecule has 0 unspecified atom stereocenters. The minimum absolute atomic E-state index is 0.144. The number of nitrogens with one attached hydrogen (secondary N) is 1. The fourth-order valence-electron chi connectivity index (χ4n) is 3.65. The Kier molecular flexibility index (Phi) is 6.59. The molecule has 2 heterocycles. The van der Waals surface area contributed by atoms with Crippen molar-refractivity contribution in [3.8, 4) is 0 Å². The summed E-state index contributed by atoms with van der Waals surface area (Å²) in [5, 5.41) is 14.3. The number of morpholine rings is 1. The summed E-state index contributed by atoms with van der Waals surface area (Å²) in [6.45, 7) is 5.20. The molecule has 2 saturated heterocycles. The molecular weight excluding hydrogens is 354 g/mol. The van der Waals surface area contributed by atoms with Crippen LogP contribution in [-0.4, -0.2) is 75.0 Å². The normalized spacial score (nSPS) is 21.6. The maximum absolute atomic E-state index is 12.1. The molecule has 0 amide bonds. The Morgan fingerprint density at radius 2 is 2.15 bits per heavy atom. The van der Waals surface area contributed by atoms with Crippen LogP contribution in [-0.2, 0) is 14.2 Å². The number of nitro benzene ring substituents is 1. The van der Waals surface area contributed by atoms with Gasteiger partial charge in [-0.05, 0) is 12.5 Å². The number of rotatable bonds is 7. The van der Waals surface area contributed by atoms with Gasteiger partial charge in [0.05, 0.1) is 37.4 Å². The molecule has 2 aliphatic heterocycles. The lowest BCUT2D eigenvalue weighted by Crippen LogP contribution is -2.50. The molecule has 9 nitrogen and oxygen atoms in total. The Bertz CT molecular complexity index is 671. The molecule has 0 spiro atoms. The van der Waals surface area contributed by atoms with E-state index in [1.54, 1.807) is 6.07 Å². The smallest absolute Gasteiger partial charge is 0.340 e. The molecule has 0 aliphatic carbocycles. The first-order valence-electron chi connectivity index (χ1n) is 9.10. The first-order valence-corrected chi connectivity index (χ1v) is 9.10. The van der Waals surface area contributed by atoms with Crippen molar-refractivity contribution in [1.82, 2.24) is 4.90 Å². The number of methoxy groups -OCH3 is 1. The minimum Gasteiger partial charge on any atom is -0.465 e. The average Bonchev–Trinajstić information content (AvgIpc) is 3.23. The van der Waals surface area contributed by atoms with Crippen LogP contribution in [0.4, 0.5) is 11.4 Å². The lowest BCUT2D eigenvalue weighted by molar-refractivity contribution is -0.384. The molecule has 1 aromatic carbocycles. The zero-order valence-electron chi connectivity index (χ0n) is 15.4. The Labute approximate surface area is 157 Å². The molecule has 148 valence electrons. The number of ether oxygens (including phenoxy) is 3. The number of nitrogens with zero attached hydrogens (tertiary/aromatic N) is 2. The van der Waals surface area contributed by atoms with Gasteiger partial charge in [-0.25, -0.2) is 4.79 Å². The van der Waals surface area contributed by atoms with E-state index in [2.05, 4.69) is 10.2 Å². The predicted octanol–water partition coefficient (Wildman–Crippen LogP) is 1.53. The summed E-state index contributed by atoms with van der Waals surface area (Å²) in [5.74, 6) is -0.205. The molecule has 2 fully saturated rings. The topological polar surface area (TPSA) is 103 Å². The van der Waals surface area contributed by atoms with Crippen molar-refractivity contribution in [1.29, 1.82) is 0 Å². The van der Waals surface area contributed by atoms with Gasteiger partial charge in [0.15, 0.2) is 0 Å². The Balaban J connectivity index is 1.77. The van der Waals surface area contributed by atoms with E-state index in [0.29, 0.717) is 38.0 Å². The summed E-state index contributed by atoms with van der Waals surface area (Å²) in [4.78, 5) is 25.0. The molecule has 2 atom stereocenters. The first kappa shape index (κ1) is 19.5. The lowest BCUT2D eigenvalue weighted by Gasteiger charge is -2.37. The fraction of sp³-hybridized carbons (Fsp3) is 0.611. The highest BCUT2D eigenvalue weighted by atomic mass is 16.6. The number of esters is 1. The van der Waals surface area contributed by atoms with E-state index in [4.69, 9.17) is 14.2 Å². The molecule has 2 aliphatic rings. The third-order valence-electron chi connectivity index (χ3n) is 5.14. The summed E-state index contributed by atoms with van der Waals surface area (Å²) >= 11 is 0. The van der Waals surface area contributed by atoms with E-state index in [-0.39, 0.29) is 17.3 Å². The number of hydrogen-bond donors (Lipinski definition) is 1. The number of carbonyl (C=O) groups excluding carboxylic acids is 1. The van der Waals surface area contributed by atoms with Gasteiger partial charge in [0.1, 0.15) is 0 Å². The molecule has 9 heteroatoms. The zero-order chi connectivity index (χ0) is 19.2. The predicted molar refractivity (Wildman–Crippen MR) is 98.0 cm³/mol. The first-order chi connectivity index (χ1) is 13.1. The third kappa shape index (κ3) is 4.74. The van der Waals surface area contributed by atoms with Gasteiger partial charge in [-0.3, -0.25) is 15.0 Å². The van der Waals surface area contributed by atoms with Crippen LogP contribution in [0.1, 0.15) is 16.8 Å². The standard InChI is InChI=1S/C18H25N3O6/c1-25-18(22)15-10-14(21(23)24)2-3-16(15)19-11-17(13-4-7-27-12-13)20-5-8-26-9-6-20/h2-3,10,13,17,19H,4-9,11-12H2,1H3/t13-,17+/m1/s1. The molecule has 0 saturated carbocycles. The highest BCUT2D eigenvalue weighted by Crippen LogP contribution is 2.26. The second-order valence-corrected chi connectivity index (χ2v) is 6.70. The van der Waals surface area contributed by atoms with Crippen LogP contribution in [0.15, 0.2) is 18.2 Å². The quantitative estimate of drug-likeness (QED) is 0.432. The fourth-order valence-corrected chi connectivity index (χ4v) is 3.65. The lowest BCUT2D eigenvalue weighted by atomic mass is 9.96. The van der Waals surface area contributed by atoms with Crippen molar-refractivity contribution in [2.24, 2.45) is 5.92 Å². The van der Waals surface area contributed by atoms with Crippen molar-refractivity contribution in [2.75, 3.05) is 58.5 Å². The highest BCUT2D eigenvalue weighted by Gasteiger charge is 2.31. The van der Waals surface area contributed by atoms with E-state index in [1.807, 2.05) is 0 Å². The second kappa shape index (κ2) is 9.12. The summed E-state index contributed by atoms with van der Waals surface area (Å²) in [7, 11) is 1.26. The van der Waals surface area contributed by atoms with Crippen molar-refractivity contribution in [3.05, 3.63) is 33.9 Å². The minimum atomic E-state index is -0.603. The largest absolute Gasteiger partial charge is 0.465 e. The van der Waals surface area contributed by atoms with E-state index in [1.165, 1.54) is 19.2 Å². The summed E-state index contributed by atoms with van der Waals surface area (Å²) < 4.78 is 15.8. The van der Waals surface area contributed by atoms with Crippen LogP contribution in [0.25, 0.3) is 0 Å². The van der Waals surface area contributed by atoms with E-state index < -0.39 is 10.9 Å². The van der Waals surface area contributed by atoms with Gasteiger partial charge < -0.3 is 19.5 Å². The van der Waals surface area contributed by atoms with Crippen LogP contribution in [0, 0.1) is 16.0 Å². The summed E-state index contributed by atoms with van der Waals surface area (Å²) in [6, 6.07) is 4.43. The Hall–Kier alpha value is -2.23. The van der Waals surface area contributed by atoms with Crippen LogP contribution >= 0.6 is 0 Å². The van der Waals surface area contributed by atoms with Gasteiger partial charge in [0, 0.05) is 56.0 Å². The highest BCUT2D eigenvalue weighted by molar-refractivity contribution is 5.96. The van der Waals surface area contributed by atoms with E-state index in [0.717, 1.165) is 26.1 Å². The second-order valence-electron chi connectivity index (χ2n) is 6.70. The van der Waals surface area contributed by atoms with E-state index in [9.17, 15) is 14.9 Å². The molecular formula is C18H25N3O6. The molecule has 0 aromatic heterocycles. The molecule has 0 radical (unpaired) electrons. The number of nitro groups is 1. The molecule has 27 heavy (non-hydrogen) atoms. The maximum atomic E-state index is 12.1. The van der Waals surface area contributed by atoms with Crippen LogP contribution in [0.5, 0.6) is 0 Å². The van der Waals surface area contributed by atoms with Crippen LogP contribution in [0.3, 0.4) is 0 Å². The maximum Gasteiger partial charge on any atom is 0.340 e.